The van der Waals surface area contributed by atoms with Crippen molar-refractivity contribution in [2.75, 3.05) is 0 Å². The fraction of sp³-hybridized carbons (Fsp3) is 0.167. The summed E-state index contributed by atoms with van der Waals surface area (Å²) in [5.74, 6) is -0.686. The zero-order valence-electron chi connectivity index (χ0n) is 13.4. The summed E-state index contributed by atoms with van der Waals surface area (Å²) in [6, 6.07) is 11.9. The zero-order chi connectivity index (χ0) is 17.1. The van der Waals surface area contributed by atoms with Crippen molar-refractivity contribution in [1.82, 2.24) is 20.1 Å². The summed E-state index contributed by atoms with van der Waals surface area (Å²) in [6.45, 7) is 3.54. The molecule has 0 radical (unpaired) electrons. The second kappa shape index (κ2) is 6.62. The Balaban J connectivity index is 1.71. The molecule has 1 amide bonds. The highest BCUT2D eigenvalue weighted by molar-refractivity contribution is 5.94. The van der Waals surface area contributed by atoms with Crippen LogP contribution in [0.3, 0.4) is 0 Å². The minimum Gasteiger partial charge on any atom is -0.346 e. The van der Waals surface area contributed by atoms with E-state index in [9.17, 15) is 9.18 Å². The number of nitrogens with one attached hydrogen (secondary N) is 1. The third kappa shape index (κ3) is 3.32. The smallest absolute Gasteiger partial charge is 0.251 e. The third-order valence-corrected chi connectivity index (χ3v) is 3.86. The predicted molar refractivity (Wildman–Crippen MR) is 88.4 cm³/mol. The van der Waals surface area contributed by atoms with Gasteiger partial charge in [0.25, 0.3) is 5.91 Å². The van der Waals surface area contributed by atoms with Crippen LogP contribution in [0.15, 0.2) is 55.1 Å². The van der Waals surface area contributed by atoms with Gasteiger partial charge in [-0.3, -0.25) is 4.79 Å². The first kappa shape index (κ1) is 15.9. The molecule has 1 atom stereocenters. The molecule has 0 saturated carbocycles. The third-order valence-electron chi connectivity index (χ3n) is 3.86. The van der Waals surface area contributed by atoms with Crippen LogP contribution in [0.1, 0.15) is 34.5 Å². The van der Waals surface area contributed by atoms with E-state index in [2.05, 4.69) is 15.4 Å². The van der Waals surface area contributed by atoms with Crippen molar-refractivity contribution in [3.63, 3.8) is 0 Å². The molecule has 1 aromatic heterocycles. The monoisotopic (exact) mass is 324 g/mol. The number of amides is 1. The van der Waals surface area contributed by atoms with Crippen LogP contribution < -0.4 is 5.32 Å². The molecular weight excluding hydrogens is 307 g/mol. The number of halogens is 1. The molecule has 2 aromatic carbocycles. The molecule has 0 spiro atoms. The summed E-state index contributed by atoms with van der Waals surface area (Å²) in [5.41, 5.74) is 2.66. The molecule has 3 rings (SSSR count). The lowest BCUT2D eigenvalue weighted by Crippen LogP contribution is -2.26. The highest BCUT2D eigenvalue weighted by Gasteiger charge is 2.13. The Morgan fingerprint density at radius 1 is 1.21 bits per heavy atom. The number of hydrogen-bond acceptors (Lipinski definition) is 3. The fourth-order valence-corrected chi connectivity index (χ4v) is 2.35. The lowest BCUT2D eigenvalue weighted by Gasteiger charge is -2.15. The molecule has 0 unspecified atom stereocenters. The average Bonchev–Trinajstić information content (AvgIpc) is 3.12. The standard InChI is InChI=1S/C18H17FN4O/c1-12-3-4-15(9-17(12)19)18(24)22-13(2)14-5-7-16(8-6-14)23-11-20-10-21-23/h3-11,13H,1-2H3,(H,22,24)/t13-/m0/s1. The summed E-state index contributed by atoms with van der Waals surface area (Å²) in [4.78, 5) is 16.2. The number of carbonyl (C=O) groups is 1. The van der Waals surface area contributed by atoms with Gasteiger partial charge in [0.1, 0.15) is 18.5 Å². The van der Waals surface area contributed by atoms with Gasteiger partial charge in [0.15, 0.2) is 0 Å². The second-order valence-corrected chi connectivity index (χ2v) is 5.59. The minimum absolute atomic E-state index is 0.202. The van der Waals surface area contributed by atoms with Crippen LogP contribution >= 0.6 is 0 Å². The number of benzene rings is 2. The molecule has 122 valence electrons. The van der Waals surface area contributed by atoms with E-state index < -0.39 is 0 Å². The SMILES string of the molecule is Cc1ccc(C(=O)N[C@@H](C)c2ccc(-n3cncn3)cc2)cc1F. The van der Waals surface area contributed by atoms with Crippen LogP contribution in [-0.2, 0) is 0 Å². The normalized spacial score (nSPS) is 12.0. The van der Waals surface area contributed by atoms with Gasteiger partial charge in [-0.25, -0.2) is 14.1 Å². The molecule has 5 nitrogen and oxygen atoms in total. The molecule has 0 saturated heterocycles. The molecule has 1 N–H and O–H groups in total. The van der Waals surface area contributed by atoms with Crippen LogP contribution in [0.5, 0.6) is 0 Å². The largest absolute Gasteiger partial charge is 0.346 e. The first-order valence-electron chi connectivity index (χ1n) is 7.56. The van der Waals surface area contributed by atoms with Crippen LogP contribution in [0.2, 0.25) is 0 Å². The molecule has 3 aromatic rings. The van der Waals surface area contributed by atoms with E-state index in [1.807, 2.05) is 31.2 Å². The number of rotatable bonds is 4. The van der Waals surface area contributed by atoms with Gasteiger partial charge in [0.2, 0.25) is 0 Å². The van der Waals surface area contributed by atoms with E-state index in [4.69, 9.17) is 0 Å². The highest BCUT2D eigenvalue weighted by atomic mass is 19.1. The summed E-state index contributed by atoms with van der Waals surface area (Å²) < 4.78 is 15.2. The molecule has 0 bridgehead atoms. The van der Waals surface area contributed by atoms with Gasteiger partial charge in [-0.05, 0) is 49.2 Å². The number of carbonyl (C=O) groups excluding carboxylic acids is 1. The second-order valence-electron chi connectivity index (χ2n) is 5.59. The number of aromatic nitrogens is 3. The molecule has 1 heterocycles. The van der Waals surface area contributed by atoms with E-state index in [0.717, 1.165) is 11.3 Å². The number of nitrogens with zero attached hydrogens (tertiary/aromatic N) is 3. The summed E-state index contributed by atoms with van der Waals surface area (Å²) in [6.07, 6.45) is 3.09. The summed E-state index contributed by atoms with van der Waals surface area (Å²) >= 11 is 0. The Hall–Kier alpha value is -3.02. The zero-order valence-corrected chi connectivity index (χ0v) is 13.4. The van der Waals surface area contributed by atoms with E-state index in [1.54, 1.807) is 30.1 Å². The quantitative estimate of drug-likeness (QED) is 0.802. The molecule has 6 heteroatoms. The average molecular weight is 324 g/mol. The molecule has 0 aliphatic heterocycles. The predicted octanol–water partition coefficient (Wildman–Crippen LogP) is 3.21. The van der Waals surface area contributed by atoms with Crippen molar-refractivity contribution >= 4 is 5.91 Å². The van der Waals surface area contributed by atoms with E-state index in [0.29, 0.717) is 11.1 Å². The van der Waals surface area contributed by atoms with E-state index in [-0.39, 0.29) is 17.8 Å². The van der Waals surface area contributed by atoms with E-state index in [1.165, 1.54) is 12.4 Å². The Morgan fingerprint density at radius 2 is 1.96 bits per heavy atom. The summed E-state index contributed by atoms with van der Waals surface area (Å²) in [5, 5.41) is 6.94. The fourth-order valence-electron chi connectivity index (χ4n) is 2.35. The van der Waals surface area contributed by atoms with E-state index >= 15 is 0 Å². The number of hydrogen-bond donors (Lipinski definition) is 1. The molecule has 0 aliphatic rings. The van der Waals surface area contributed by atoms with Crippen molar-refractivity contribution in [3.05, 3.63) is 77.6 Å². The van der Waals surface area contributed by atoms with Crippen LogP contribution in [0, 0.1) is 12.7 Å². The topological polar surface area (TPSA) is 59.8 Å². The molecule has 0 fully saturated rings. The summed E-state index contributed by atoms with van der Waals surface area (Å²) in [7, 11) is 0. The van der Waals surface area contributed by atoms with Crippen molar-refractivity contribution in [2.24, 2.45) is 0 Å². The van der Waals surface area contributed by atoms with Crippen molar-refractivity contribution in [1.29, 1.82) is 0 Å². The maximum Gasteiger partial charge on any atom is 0.251 e. The Morgan fingerprint density at radius 3 is 2.58 bits per heavy atom. The lowest BCUT2D eigenvalue weighted by atomic mass is 10.1. The maximum absolute atomic E-state index is 13.6. The number of aryl methyl sites for hydroxylation is 1. The first-order valence-corrected chi connectivity index (χ1v) is 7.56. The Bertz CT molecular complexity index is 844. The molecular formula is C18H17FN4O. The van der Waals surface area contributed by atoms with Gasteiger partial charge in [-0.2, -0.15) is 5.10 Å². The van der Waals surface area contributed by atoms with Gasteiger partial charge >= 0.3 is 0 Å². The van der Waals surface area contributed by atoms with Crippen molar-refractivity contribution < 1.29 is 9.18 Å². The molecule has 24 heavy (non-hydrogen) atoms. The minimum atomic E-state index is -0.382. The maximum atomic E-state index is 13.6. The highest BCUT2D eigenvalue weighted by Crippen LogP contribution is 2.16. The first-order chi connectivity index (χ1) is 11.5. The Labute approximate surface area is 139 Å². The Kier molecular flexibility index (Phi) is 4.37. The van der Waals surface area contributed by atoms with Gasteiger partial charge < -0.3 is 5.32 Å². The van der Waals surface area contributed by atoms with Crippen LogP contribution in [0.25, 0.3) is 5.69 Å². The van der Waals surface area contributed by atoms with Gasteiger partial charge in [0, 0.05) is 5.56 Å². The van der Waals surface area contributed by atoms with Gasteiger partial charge in [-0.1, -0.05) is 18.2 Å². The van der Waals surface area contributed by atoms with Crippen molar-refractivity contribution in [2.45, 2.75) is 19.9 Å². The van der Waals surface area contributed by atoms with Crippen molar-refractivity contribution in [3.8, 4) is 5.69 Å². The van der Waals surface area contributed by atoms with Gasteiger partial charge in [0.05, 0.1) is 11.7 Å². The van der Waals surface area contributed by atoms with Gasteiger partial charge in [-0.15, -0.1) is 0 Å². The van der Waals surface area contributed by atoms with Crippen LogP contribution in [-0.4, -0.2) is 20.7 Å². The van der Waals surface area contributed by atoms with Crippen LogP contribution in [0.4, 0.5) is 4.39 Å². The lowest BCUT2D eigenvalue weighted by molar-refractivity contribution is 0.0939. The molecule has 0 aliphatic carbocycles.